The lowest BCUT2D eigenvalue weighted by Crippen LogP contribution is -2.32. The molecule has 1 heterocycles. The van der Waals surface area contributed by atoms with Gasteiger partial charge in [-0.05, 0) is 0 Å². The highest BCUT2D eigenvalue weighted by Crippen LogP contribution is 1.99. The summed E-state index contributed by atoms with van der Waals surface area (Å²) in [6.45, 7) is -0.0455. The van der Waals surface area contributed by atoms with E-state index in [1.165, 1.54) is 7.05 Å². The molecule has 0 aliphatic carbocycles. The summed E-state index contributed by atoms with van der Waals surface area (Å²) in [4.78, 5) is 44.6. The van der Waals surface area contributed by atoms with Gasteiger partial charge in [-0.25, -0.2) is 4.79 Å². The molecule has 0 aliphatic rings. The van der Waals surface area contributed by atoms with E-state index >= 15 is 0 Å². The number of aryl methyl sites for hydroxylation is 1. The SMILES string of the molecule is CNC(=O)CCn1cc([N+](=O)[O-])c(=O)[nH]c1=O. The predicted molar refractivity (Wildman–Crippen MR) is 56.7 cm³/mol. The molecule has 0 bridgehead atoms. The van der Waals surface area contributed by atoms with Gasteiger partial charge in [-0.1, -0.05) is 0 Å². The molecule has 9 heteroatoms. The van der Waals surface area contributed by atoms with Gasteiger partial charge in [0.05, 0.1) is 11.1 Å². The summed E-state index contributed by atoms with van der Waals surface area (Å²) in [5.74, 6) is -0.314. The zero-order valence-electron chi connectivity index (χ0n) is 8.93. The minimum Gasteiger partial charge on any atom is -0.359 e. The number of H-pyrrole nitrogens is 1. The van der Waals surface area contributed by atoms with Crippen LogP contribution in [0.2, 0.25) is 0 Å². The Hall–Kier alpha value is -2.45. The Balaban J connectivity index is 3.04. The highest BCUT2D eigenvalue weighted by molar-refractivity contribution is 5.75. The molecule has 0 atom stereocenters. The molecule has 0 saturated carbocycles. The maximum atomic E-state index is 11.3. The Bertz CT molecular complexity index is 558. The Morgan fingerprint density at radius 2 is 2.24 bits per heavy atom. The van der Waals surface area contributed by atoms with Crippen LogP contribution in [0.5, 0.6) is 0 Å². The summed E-state index contributed by atoms with van der Waals surface area (Å²) in [6, 6.07) is 0. The molecule has 0 fully saturated rings. The summed E-state index contributed by atoms with van der Waals surface area (Å²) in [5, 5.41) is 12.8. The fraction of sp³-hybridized carbons (Fsp3) is 0.375. The van der Waals surface area contributed by atoms with Crippen LogP contribution in [-0.4, -0.2) is 27.4 Å². The van der Waals surface area contributed by atoms with E-state index in [-0.39, 0.29) is 18.9 Å². The van der Waals surface area contributed by atoms with Crippen molar-refractivity contribution in [2.75, 3.05) is 7.05 Å². The van der Waals surface area contributed by atoms with Crippen LogP contribution in [-0.2, 0) is 11.3 Å². The Morgan fingerprint density at radius 1 is 1.59 bits per heavy atom. The molecule has 1 rings (SSSR count). The van der Waals surface area contributed by atoms with E-state index in [0.29, 0.717) is 0 Å². The van der Waals surface area contributed by atoms with Crippen LogP contribution >= 0.6 is 0 Å². The van der Waals surface area contributed by atoms with Crippen molar-refractivity contribution in [1.82, 2.24) is 14.9 Å². The van der Waals surface area contributed by atoms with Gasteiger partial charge in [-0.3, -0.25) is 29.3 Å². The molecule has 1 amide bonds. The van der Waals surface area contributed by atoms with Crippen LogP contribution in [0.1, 0.15) is 6.42 Å². The molecule has 0 saturated heterocycles. The van der Waals surface area contributed by atoms with Gasteiger partial charge in [-0.15, -0.1) is 0 Å². The molecule has 9 nitrogen and oxygen atoms in total. The first-order chi connectivity index (χ1) is 7.95. The van der Waals surface area contributed by atoms with Crippen LogP contribution in [0.25, 0.3) is 0 Å². The molecule has 1 aromatic heterocycles. The van der Waals surface area contributed by atoms with Crippen molar-refractivity contribution in [2.45, 2.75) is 13.0 Å². The molecular formula is C8H10N4O5. The van der Waals surface area contributed by atoms with E-state index in [9.17, 15) is 24.5 Å². The van der Waals surface area contributed by atoms with Crippen molar-refractivity contribution < 1.29 is 9.72 Å². The third-order valence-corrected chi connectivity index (χ3v) is 2.05. The summed E-state index contributed by atoms with van der Waals surface area (Å²) in [7, 11) is 1.43. The Labute approximate surface area is 94.2 Å². The van der Waals surface area contributed by atoms with E-state index in [0.717, 1.165) is 10.8 Å². The summed E-state index contributed by atoms with van der Waals surface area (Å²) >= 11 is 0. The highest BCUT2D eigenvalue weighted by Gasteiger charge is 2.14. The largest absolute Gasteiger partial charge is 0.359 e. The first kappa shape index (κ1) is 12.6. The molecule has 17 heavy (non-hydrogen) atoms. The van der Waals surface area contributed by atoms with E-state index in [2.05, 4.69) is 5.32 Å². The maximum absolute atomic E-state index is 11.3. The second-order valence-electron chi connectivity index (χ2n) is 3.15. The number of nitrogens with one attached hydrogen (secondary N) is 2. The monoisotopic (exact) mass is 242 g/mol. The van der Waals surface area contributed by atoms with Crippen molar-refractivity contribution in [3.63, 3.8) is 0 Å². The Kier molecular flexibility index (Phi) is 3.75. The van der Waals surface area contributed by atoms with Crippen molar-refractivity contribution in [1.29, 1.82) is 0 Å². The van der Waals surface area contributed by atoms with Gasteiger partial charge in [0.25, 0.3) is 0 Å². The molecular weight excluding hydrogens is 232 g/mol. The number of nitro groups is 1. The van der Waals surface area contributed by atoms with Gasteiger partial charge in [0.15, 0.2) is 0 Å². The first-order valence-corrected chi connectivity index (χ1v) is 4.64. The fourth-order valence-corrected chi connectivity index (χ4v) is 1.14. The fourth-order valence-electron chi connectivity index (χ4n) is 1.14. The molecule has 0 aromatic carbocycles. The highest BCUT2D eigenvalue weighted by atomic mass is 16.6. The van der Waals surface area contributed by atoms with Gasteiger partial charge in [0, 0.05) is 20.0 Å². The number of carbonyl (C=O) groups excluding carboxylic acids is 1. The van der Waals surface area contributed by atoms with E-state index in [1.54, 1.807) is 0 Å². The minimum absolute atomic E-state index is 0.0143. The topological polar surface area (TPSA) is 127 Å². The zero-order valence-corrected chi connectivity index (χ0v) is 8.93. The van der Waals surface area contributed by atoms with Crippen LogP contribution in [0.3, 0.4) is 0 Å². The zero-order chi connectivity index (χ0) is 13.0. The van der Waals surface area contributed by atoms with Crippen LogP contribution < -0.4 is 16.6 Å². The average molecular weight is 242 g/mol. The number of nitrogens with zero attached hydrogens (tertiary/aromatic N) is 2. The van der Waals surface area contributed by atoms with E-state index < -0.39 is 21.9 Å². The Morgan fingerprint density at radius 3 is 2.76 bits per heavy atom. The van der Waals surface area contributed by atoms with Gasteiger partial charge >= 0.3 is 16.9 Å². The molecule has 0 spiro atoms. The minimum atomic E-state index is -1.06. The molecule has 92 valence electrons. The van der Waals surface area contributed by atoms with Gasteiger partial charge in [0.2, 0.25) is 5.91 Å². The first-order valence-electron chi connectivity index (χ1n) is 4.64. The van der Waals surface area contributed by atoms with Gasteiger partial charge < -0.3 is 5.32 Å². The summed E-state index contributed by atoms with van der Waals surface area (Å²) in [5.41, 5.74) is -2.58. The quantitative estimate of drug-likeness (QED) is 0.494. The number of amides is 1. The van der Waals surface area contributed by atoms with Gasteiger partial charge in [0.1, 0.15) is 0 Å². The summed E-state index contributed by atoms with van der Waals surface area (Å²) < 4.78 is 0.911. The van der Waals surface area contributed by atoms with Crippen molar-refractivity contribution >= 4 is 11.6 Å². The second-order valence-corrected chi connectivity index (χ2v) is 3.15. The average Bonchev–Trinajstić information content (AvgIpc) is 2.26. The number of hydrogen-bond donors (Lipinski definition) is 2. The molecule has 1 aromatic rings. The van der Waals surface area contributed by atoms with Crippen molar-refractivity contribution in [2.24, 2.45) is 0 Å². The predicted octanol–water partition coefficient (Wildman–Crippen LogP) is -1.42. The smallest absolute Gasteiger partial charge is 0.350 e. The lowest BCUT2D eigenvalue weighted by molar-refractivity contribution is -0.386. The van der Waals surface area contributed by atoms with E-state index in [4.69, 9.17) is 0 Å². The number of aromatic nitrogens is 2. The number of hydrogen-bond acceptors (Lipinski definition) is 5. The van der Waals surface area contributed by atoms with Crippen molar-refractivity contribution in [3.8, 4) is 0 Å². The van der Waals surface area contributed by atoms with Crippen LogP contribution in [0, 0.1) is 10.1 Å². The third-order valence-electron chi connectivity index (χ3n) is 2.05. The molecule has 2 N–H and O–H groups in total. The lowest BCUT2D eigenvalue weighted by atomic mass is 10.4. The second kappa shape index (κ2) is 5.05. The van der Waals surface area contributed by atoms with Crippen LogP contribution in [0.15, 0.2) is 15.8 Å². The maximum Gasteiger partial charge on any atom is 0.350 e. The third kappa shape index (κ3) is 3.00. The van der Waals surface area contributed by atoms with Gasteiger partial charge in [-0.2, -0.15) is 0 Å². The number of rotatable bonds is 4. The summed E-state index contributed by atoms with van der Waals surface area (Å²) in [6.07, 6.45) is 0.809. The van der Waals surface area contributed by atoms with Crippen LogP contribution in [0.4, 0.5) is 5.69 Å². The number of carbonyl (C=O) groups is 1. The lowest BCUT2D eigenvalue weighted by Gasteiger charge is -2.03. The molecule has 0 radical (unpaired) electrons. The normalized spacial score (nSPS) is 9.94. The number of aromatic amines is 1. The standard InChI is InChI=1S/C8H10N4O5/c1-9-6(13)2-3-11-4-5(12(16)17)7(14)10-8(11)15/h4H,2-3H2,1H3,(H,9,13)(H,10,14,15). The molecule has 0 aliphatic heterocycles. The van der Waals surface area contributed by atoms with Crippen molar-refractivity contribution in [3.05, 3.63) is 37.1 Å². The van der Waals surface area contributed by atoms with E-state index in [1.807, 2.05) is 4.98 Å². The molecule has 0 unspecified atom stereocenters.